The normalized spacial score (nSPS) is 10.3. The maximum Gasteiger partial charge on any atom is 0.333 e. The van der Waals surface area contributed by atoms with E-state index in [-0.39, 0.29) is 11.4 Å². The summed E-state index contributed by atoms with van der Waals surface area (Å²) in [6, 6.07) is 5.01. The van der Waals surface area contributed by atoms with E-state index in [1.54, 1.807) is 32.2 Å². The van der Waals surface area contributed by atoms with Gasteiger partial charge in [0.15, 0.2) is 5.75 Å². The molecule has 0 bridgehead atoms. The number of nitrogens with one attached hydrogen (secondary N) is 2. The Morgan fingerprint density at radius 2 is 2.10 bits per heavy atom. The Morgan fingerprint density at radius 1 is 1.30 bits per heavy atom. The van der Waals surface area contributed by atoms with Crippen LogP contribution in [0.15, 0.2) is 18.2 Å². The van der Waals surface area contributed by atoms with Crippen LogP contribution in [-0.2, 0) is 4.74 Å². The highest BCUT2D eigenvalue weighted by Gasteiger charge is 2.20. The smallest absolute Gasteiger partial charge is 0.333 e. The first kappa shape index (κ1) is 16.2. The van der Waals surface area contributed by atoms with Crippen LogP contribution in [0.25, 0.3) is 0 Å². The zero-order valence-electron chi connectivity index (χ0n) is 11.8. The lowest BCUT2D eigenvalue weighted by Gasteiger charge is -2.10. The van der Waals surface area contributed by atoms with Gasteiger partial charge < -0.3 is 20.1 Å². The highest BCUT2D eigenvalue weighted by atomic mass is 16.6. The second kappa shape index (κ2) is 9.11. The summed E-state index contributed by atoms with van der Waals surface area (Å²) in [5.74, 6) is 0.287. The average molecular weight is 283 g/mol. The van der Waals surface area contributed by atoms with Crippen LogP contribution in [0.4, 0.5) is 11.4 Å². The van der Waals surface area contributed by atoms with Crippen LogP contribution < -0.4 is 15.4 Å². The molecular weight excluding hydrogens is 262 g/mol. The van der Waals surface area contributed by atoms with Gasteiger partial charge in [-0.1, -0.05) is 6.07 Å². The molecule has 0 aliphatic heterocycles. The fourth-order valence-corrected chi connectivity index (χ4v) is 1.71. The van der Waals surface area contributed by atoms with E-state index in [4.69, 9.17) is 9.47 Å². The molecule has 20 heavy (non-hydrogen) atoms. The number of benzene rings is 1. The number of hydrogen-bond donors (Lipinski definition) is 2. The lowest BCUT2D eigenvalue weighted by Crippen LogP contribution is -2.25. The Kier molecular flexibility index (Phi) is 7.38. The summed E-state index contributed by atoms with van der Waals surface area (Å²) in [6.45, 7) is 4.85. The Bertz CT molecular complexity index is 426. The fourth-order valence-electron chi connectivity index (χ4n) is 1.71. The zero-order valence-corrected chi connectivity index (χ0v) is 11.8. The van der Waals surface area contributed by atoms with Gasteiger partial charge in [0.25, 0.3) is 0 Å². The minimum absolute atomic E-state index is 0.0220. The molecule has 0 heterocycles. The molecule has 1 aromatic carbocycles. The average Bonchev–Trinajstić information content (AvgIpc) is 2.43. The molecule has 7 heteroatoms. The number of anilines is 1. The molecular formula is C13H21N3O4. The lowest BCUT2D eigenvalue weighted by molar-refractivity contribution is -0.384. The number of hydrogen-bond acceptors (Lipinski definition) is 6. The van der Waals surface area contributed by atoms with Gasteiger partial charge in [0, 0.05) is 26.7 Å². The van der Waals surface area contributed by atoms with E-state index in [0.29, 0.717) is 32.0 Å². The van der Waals surface area contributed by atoms with E-state index in [2.05, 4.69) is 10.6 Å². The monoisotopic (exact) mass is 283 g/mol. The molecule has 0 spiro atoms. The Labute approximate surface area is 118 Å². The van der Waals surface area contributed by atoms with Gasteiger partial charge in [-0.3, -0.25) is 10.1 Å². The van der Waals surface area contributed by atoms with Crippen LogP contribution in [0.2, 0.25) is 0 Å². The first-order valence-corrected chi connectivity index (χ1v) is 6.54. The van der Waals surface area contributed by atoms with Crippen molar-refractivity contribution in [2.24, 2.45) is 0 Å². The zero-order chi connectivity index (χ0) is 14.8. The topological polar surface area (TPSA) is 85.7 Å². The fraction of sp³-hybridized carbons (Fsp3) is 0.538. The van der Waals surface area contributed by atoms with Crippen LogP contribution in [0.5, 0.6) is 5.75 Å². The van der Waals surface area contributed by atoms with Gasteiger partial charge in [0.2, 0.25) is 0 Å². The highest BCUT2D eigenvalue weighted by Crippen LogP contribution is 2.34. The van der Waals surface area contributed by atoms with Crippen LogP contribution >= 0.6 is 0 Å². The molecule has 0 saturated carbocycles. The molecule has 0 radical (unpaired) electrons. The number of rotatable bonds is 10. The van der Waals surface area contributed by atoms with Crippen molar-refractivity contribution in [3.63, 3.8) is 0 Å². The Hall–Kier alpha value is -1.86. The maximum absolute atomic E-state index is 11.1. The molecule has 1 rings (SSSR count). The van der Waals surface area contributed by atoms with Gasteiger partial charge >= 0.3 is 5.69 Å². The van der Waals surface area contributed by atoms with E-state index in [1.807, 2.05) is 0 Å². The molecule has 0 fully saturated rings. The van der Waals surface area contributed by atoms with Gasteiger partial charge in [-0.25, -0.2) is 0 Å². The molecule has 2 N–H and O–H groups in total. The van der Waals surface area contributed by atoms with Gasteiger partial charge in [-0.15, -0.1) is 0 Å². The molecule has 1 aromatic rings. The first-order valence-electron chi connectivity index (χ1n) is 6.54. The third-order valence-corrected chi connectivity index (χ3v) is 2.58. The van der Waals surface area contributed by atoms with Crippen molar-refractivity contribution in [3.05, 3.63) is 28.3 Å². The summed E-state index contributed by atoms with van der Waals surface area (Å²) in [7, 11) is 1.64. The Morgan fingerprint density at radius 3 is 2.75 bits per heavy atom. The van der Waals surface area contributed by atoms with Crippen LogP contribution in [0, 0.1) is 10.1 Å². The number of methoxy groups -OCH3 is 1. The van der Waals surface area contributed by atoms with Gasteiger partial charge in [0.1, 0.15) is 5.69 Å². The number of ether oxygens (including phenoxy) is 2. The standard InChI is InChI=1S/C13H21N3O4/c1-3-20-12-6-4-5-11(13(12)16(17)18)15-8-7-14-9-10-19-2/h4-6,14-15H,3,7-10H2,1-2H3. The number of nitro groups is 1. The lowest BCUT2D eigenvalue weighted by atomic mass is 10.2. The minimum Gasteiger partial charge on any atom is -0.487 e. The van der Waals surface area contributed by atoms with Gasteiger partial charge in [-0.05, 0) is 19.1 Å². The van der Waals surface area contributed by atoms with Crippen LogP contribution in [0.3, 0.4) is 0 Å². The highest BCUT2D eigenvalue weighted by molar-refractivity contribution is 5.68. The quantitative estimate of drug-likeness (QED) is 0.386. The SMILES string of the molecule is CCOc1cccc(NCCNCCOC)c1[N+](=O)[O-]. The Balaban J connectivity index is 2.60. The molecule has 0 atom stereocenters. The van der Waals surface area contributed by atoms with E-state index < -0.39 is 4.92 Å². The van der Waals surface area contributed by atoms with Gasteiger partial charge in [-0.2, -0.15) is 0 Å². The minimum atomic E-state index is -0.425. The molecule has 0 unspecified atom stereocenters. The van der Waals surface area contributed by atoms with Crippen LogP contribution in [0.1, 0.15) is 6.92 Å². The molecule has 0 aliphatic carbocycles. The predicted molar refractivity (Wildman–Crippen MR) is 77.5 cm³/mol. The summed E-state index contributed by atoms with van der Waals surface area (Å²) in [4.78, 5) is 10.7. The van der Waals surface area contributed by atoms with Crippen molar-refractivity contribution in [1.82, 2.24) is 5.32 Å². The molecule has 7 nitrogen and oxygen atoms in total. The molecule has 0 aromatic heterocycles. The summed E-state index contributed by atoms with van der Waals surface area (Å²) < 4.78 is 10.2. The summed E-state index contributed by atoms with van der Waals surface area (Å²) in [5.41, 5.74) is 0.445. The predicted octanol–water partition coefficient (Wildman–Crippen LogP) is 1.64. The molecule has 112 valence electrons. The number of para-hydroxylation sites is 1. The third kappa shape index (κ3) is 5.02. The first-order chi connectivity index (χ1) is 9.70. The molecule has 0 saturated heterocycles. The van der Waals surface area contributed by atoms with Crippen molar-refractivity contribution in [1.29, 1.82) is 0 Å². The second-order valence-electron chi connectivity index (χ2n) is 4.01. The van der Waals surface area contributed by atoms with E-state index in [0.717, 1.165) is 6.54 Å². The molecule has 0 amide bonds. The molecule has 0 aliphatic rings. The van der Waals surface area contributed by atoms with Gasteiger partial charge in [0.05, 0.1) is 18.1 Å². The second-order valence-corrected chi connectivity index (χ2v) is 4.01. The van der Waals surface area contributed by atoms with Crippen molar-refractivity contribution < 1.29 is 14.4 Å². The van der Waals surface area contributed by atoms with E-state index >= 15 is 0 Å². The maximum atomic E-state index is 11.1. The van der Waals surface area contributed by atoms with Crippen molar-refractivity contribution >= 4 is 11.4 Å². The van der Waals surface area contributed by atoms with E-state index in [1.165, 1.54) is 0 Å². The summed E-state index contributed by atoms with van der Waals surface area (Å²) in [6.07, 6.45) is 0. The van der Waals surface area contributed by atoms with Crippen molar-refractivity contribution in [2.75, 3.05) is 45.3 Å². The van der Waals surface area contributed by atoms with Crippen molar-refractivity contribution in [2.45, 2.75) is 6.92 Å². The summed E-state index contributed by atoms with van der Waals surface area (Å²) >= 11 is 0. The number of nitro benzene ring substituents is 1. The van der Waals surface area contributed by atoms with E-state index in [9.17, 15) is 10.1 Å². The largest absolute Gasteiger partial charge is 0.487 e. The third-order valence-electron chi connectivity index (χ3n) is 2.58. The van der Waals surface area contributed by atoms with Crippen LogP contribution in [-0.4, -0.2) is 44.9 Å². The number of nitrogens with zero attached hydrogens (tertiary/aromatic N) is 1. The summed E-state index contributed by atoms with van der Waals surface area (Å²) in [5, 5.41) is 17.3. The van der Waals surface area contributed by atoms with Crippen molar-refractivity contribution in [3.8, 4) is 5.75 Å².